The van der Waals surface area contributed by atoms with Crippen molar-refractivity contribution in [1.29, 1.82) is 0 Å². The van der Waals surface area contributed by atoms with Crippen molar-refractivity contribution in [3.63, 3.8) is 0 Å². The first kappa shape index (κ1) is 17.3. The van der Waals surface area contributed by atoms with Crippen molar-refractivity contribution in [3.05, 3.63) is 29.3 Å². The molecule has 2 N–H and O–H groups in total. The van der Waals surface area contributed by atoms with Crippen LogP contribution in [0.5, 0.6) is 0 Å². The first-order valence-corrected chi connectivity index (χ1v) is 6.43. The number of anilines is 1. The van der Waals surface area contributed by atoms with E-state index in [-0.39, 0.29) is 24.5 Å². The SMILES string of the molecule is CC(C)COCCOC(=O)c1cc(C(F)(F)F)ccc1N. The smallest absolute Gasteiger partial charge is 0.416 e. The van der Waals surface area contributed by atoms with Gasteiger partial charge in [-0.3, -0.25) is 0 Å². The molecule has 4 nitrogen and oxygen atoms in total. The summed E-state index contributed by atoms with van der Waals surface area (Å²) in [6, 6.07) is 2.54. The van der Waals surface area contributed by atoms with E-state index in [2.05, 4.69) is 0 Å². The lowest BCUT2D eigenvalue weighted by molar-refractivity contribution is -0.137. The Morgan fingerprint density at radius 2 is 1.95 bits per heavy atom. The van der Waals surface area contributed by atoms with E-state index in [1.807, 2.05) is 13.8 Å². The summed E-state index contributed by atoms with van der Waals surface area (Å²) < 4.78 is 47.8. The molecule has 7 heteroatoms. The highest BCUT2D eigenvalue weighted by Crippen LogP contribution is 2.31. The van der Waals surface area contributed by atoms with Gasteiger partial charge in [-0.25, -0.2) is 4.79 Å². The summed E-state index contributed by atoms with van der Waals surface area (Å²) >= 11 is 0. The molecular weight excluding hydrogens is 287 g/mol. The number of nitrogen functional groups attached to an aromatic ring is 1. The van der Waals surface area contributed by atoms with Gasteiger partial charge in [0.2, 0.25) is 0 Å². The van der Waals surface area contributed by atoms with Gasteiger partial charge in [0.15, 0.2) is 0 Å². The second-order valence-electron chi connectivity index (χ2n) is 4.90. The van der Waals surface area contributed by atoms with Gasteiger partial charge in [-0.05, 0) is 24.1 Å². The van der Waals surface area contributed by atoms with Gasteiger partial charge >= 0.3 is 12.1 Å². The number of hydrogen-bond acceptors (Lipinski definition) is 4. The highest BCUT2D eigenvalue weighted by atomic mass is 19.4. The Morgan fingerprint density at radius 3 is 2.52 bits per heavy atom. The number of benzene rings is 1. The molecule has 1 rings (SSSR count). The summed E-state index contributed by atoms with van der Waals surface area (Å²) in [5, 5.41) is 0. The fraction of sp³-hybridized carbons (Fsp3) is 0.500. The number of alkyl halides is 3. The van der Waals surface area contributed by atoms with Gasteiger partial charge in [0, 0.05) is 12.3 Å². The van der Waals surface area contributed by atoms with Gasteiger partial charge in [-0.15, -0.1) is 0 Å². The van der Waals surface area contributed by atoms with E-state index in [9.17, 15) is 18.0 Å². The van der Waals surface area contributed by atoms with Crippen molar-refractivity contribution >= 4 is 11.7 Å². The summed E-state index contributed by atoms with van der Waals surface area (Å²) in [5.41, 5.74) is 4.20. The van der Waals surface area contributed by atoms with Gasteiger partial charge in [-0.1, -0.05) is 13.8 Å². The molecule has 1 aromatic rings. The fourth-order valence-electron chi connectivity index (χ4n) is 1.50. The van der Waals surface area contributed by atoms with Gasteiger partial charge in [0.25, 0.3) is 0 Å². The second kappa shape index (κ2) is 7.31. The minimum atomic E-state index is -4.54. The lowest BCUT2D eigenvalue weighted by Gasteiger charge is -2.11. The van der Waals surface area contributed by atoms with E-state index >= 15 is 0 Å². The number of nitrogens with two attached hydrogens (primary N) is 1. The van der Waals surface area contributed by atoms with Crippen molar-refractivity contribution in [3.8, 4) is 0 Å². The molecule has 0 spiro atoms. The summed E-state index contributed by atoms with van der Waals surface area (Å²) in [4.78, 5) is 11.7. The van der Waals surface area contributed by atoms with E-state index < -0.39 is 17.7 Å². The molecular formula is C14H18F3NO3. The highest BCUT2D eigenvalue weighted by molar-refractivity contribution is 5.95. The predicted octanol–water partition coefficient (Wildman–Crippen LogP) is 3.12. The maximum absolute atomic E-state index is 12.6. The molecule has 0 aliphatic carbocycles. The number of halogens is 3. The average Bonchev–Trinajstić information content (AvgIpc) is 2.36. The predicted molar refractivity (Wildman–Crippen MR) is 71.8 cm³/mol. The van der Waals surface area contributed by atoms with E-state index in [1.165, 1.54) is 0 Å². The van der Waals surface area contributed by atoms with Crippen molar-refractivity contribution in [1.82, 2.24) is 0 Å². The van der Waals surface area contributed by atoms with Gasteiger partial charge in [0.1, 0.15) is 6.61 Å². The molecule has 21 heavy (non-hydrogen) atoms. The number of esters is 1. The summed E-state index contributed by atoms with van der Waals surface area (Å²) in [6.07, 6.45) is -4.54. The van der Waals surface area contributed by atoms with Gasteiger partial charge < -0.3 is 15.2 Å². The molecule has 0 amide bonds. The Kier molecular flexibility index (Phi) is 6.02. The van der Waals surface area contributed by atoms with Crippen LogP contribution in [0.2, 0.25) is 0 Å². The van der Waals surface area contributed by atoms with Crippen LogP contribution in [-0.2, 0) is 15.7 Å². The lowest BCUT2D eigenvalue weighted by atomic mass is 10.1. The topological polar surface area (TPSA) is 61.5 Å². The molecule has 0 aliphatic heterocycles. The molecule has 0 atom stereocenters. The van der Waals surface area contributed by atoms with Crippen LogP contribution < -0.4 is 5.73 Å². The van der Waals surface area contributed by atoms with Crippen LogP contribution in [-0.4, -0.2) is 25.8 Å². The fourth-order valence-corrected chi connectivity index (χ4v) is 1.50. The number of hydrogen-bond donors (Lipinski definition) is 1. The Balaban J connectivity index is 2.61. The molecule has 0 saturated heterocycles. The highest BCUT2D eigenvalue weighted by Gasteiger charge is 2.31. The van der Waals surface area contributed by atoms with Crippen LogP contribution in [0.1, 0.15) is 29.8 Å². The molecule has 0 aromatic heterocycles. The van der Waals surface area contributed by atoms with Gasteiger partial charge in [0.05, 0.1) is 17.7 Å². The van der Waals surface area contributed by atoms with Crippen molar-refractivity contribution in [2.45, 2.75) is 20.0 Å². The van der Waals surface area contributed by atoms with Crippen LogP contribution >= 0.6 is 0 Å². The molecule has 0 bridgehead atoms. The van der Waals surface area contributed by atoms with Crippen LogP contribution in [0.3, 0.4) is 0 Å². The maximum atomic E-state index is 12.6. The number of carbonyl (C=O) groups excluding carboxylic acids is 1. The van der Waals surface area contributed by atoms with Crippen LogP contribution in [0.4, 0.5) is 18.9 Å². The maximum Gasteiger partial charge on any atom is 0.416 e. The van der Waals surface area contributed by atoms with Gasteiger partial charge in [-0.2, -0.15) is 13.2 Å². The zero-order valence-electron chi connectivity index (χ0n) is 11.9. The molecule has 0 fully saturated rings. The van der Waals surface area contributed by atoms with E-state index in [0.717, 1.165) is 12.1 Å². The Morgan fingerprint density at radius 1 is 1.29 bits per heavy atom. The van der Waals surface area contributed by atoms with Crippen molar-refractivity contribution in [2.24, 2.45) is 5.92 Å². The van der Waals surface area contributed by atoms with Crippen molar-refractivity contribution in [2.75, 3.05) is 25.6 Å². The third-order valence-corrected chi connectivity index (χ3v) is 2.51. The van der Waals surface area contributed by atoms with E-state index in [4.69, 9.17) is 15.2 Å². The lowest BCUT2D eigenvalue weighted by Crippen LogP contribution is -2.15. The molecule has 0 unspecified atom stereocenters. The van der Waals surface area contributed by atoms with Crippen LogP contribution in [0.25, 0.3) is 0 Å². The Hall–Kier alpha value is -1.76. The standard InChI is InChI=1S/C14H18F3NO3/c1-9(2)8-20-5-6-21-13(19)11-7-10(14(15,16)17)3-4-12(11)18/h3-4,7,9H,5-6,8,18H2,1-2H3. The Bertz CT molecular complexity index is 487. The summed E-state index contributed by atoms with van der Waals surface area (Å²) in [5.74, 6) is -0.549. The number of rotatable bonds is 6. The minimum Gasteiger partial charge on any atom is -0.460 e. The van der Waals surface area contributed by atoms with Crippen molar-refractivity contribution < 1.29 is 27.4 Å². The normalized spacial score (nSPS) is 11.7. The van der Waals surface area contributed by atoms with E-state index in [0.29, 0.717) is 18.6 Å². The first-order valence-electron chi connectivity index (χ1n) is 6.43. The second-order valence-corrected chi connectivity index (χ2v) is 4.90. The molecule has 0 heterocycles. The number of ether oxygens (including phenoxy) is 2. The van der Waals surface area contributed by atoms with Crippen LogP contribution in [0, 0.1) is 5.92 Å². The zero-order valence-corrected chi connectivity index (χ0v) is 11.9. The first-order chi connectivity index (χ1) is 9.71. The molecule has 118 valence electrons. The third kappa shape index (κ3) is 5.63. The van der Waals surface area contributed by atoms with E-state index in [1.54, 1.807) is 0 Å². The largest absolute Gasteiger partial charge is 0.460 e. The summed E-state index contributed by atoms with van der Waals surface area (Å²) in [7, 11) is 0. The minimum absolute atomic E-state index is 0.0404. The zero-order chi connectivity index (χ0) is 16.0. The monoisotopic (exact) mass is 305 g/mol. The van der Waals surface area contributed by atoms with Crippen LogP contribution in [0.15, 0.2) is 18.2 Å². The number of carbonyl (C=O) groups is 1. The summed E-state index contributed by atoms with van der Waals surface area (Å²) in [6.45, 7) is 4.60. The average molecular weight is 305 g/mol. The third-order valence-electron chi connectivity index (χ3n) is 2.51. The Labute approximate surface area is 121 Å². The molecule has 0 radical (unpaired) electrons. The molecule has 0 aliphatic rings. The molecule has 0 saturated carbocycles. The molecule has 1 aromatic carbocycles. The quantitative estimate of drug-likeness (QED) is 0.498.